The van der Waals surface area contributed by atoms with E-state index < -0.39 is 0 Å². The number of hydrogen-bond acceptors (Lipinski definition) is 3. The number of anilines is 1. The molecule has 0 aliphatic rings. The number of nitrogens with one attached hydrogen (secondary N) is 1. The van der Waals surface area contributed by atoms with Gasteiger partial charge in [0.25, 0.3) is 0 Å². The molecule has 112 valence electrons. The zero-order valence-corrected chi connectivity index (χ0v) is 14.3. The maximum Gasteiger partial charge on any atom is 0.238 e. The van der Waals surface area contributed by atoms with E-state index in [2.05, 4.69) is 21.2 Å². The van der Waals surface area contributed by atoms with Gasteiger partial charge < -0.3 is 9.73 Å². The van der Waals surface area contributed by atoms with Crippen LogP contribution in [-0.4, -0.2) is 24.4 Å². The summed E-state index contributed by atoms with van der Waals surface area (Å²) in [5.74, 6) is 0.619. The van der Waals surface area contributed by atoms with Gasteiger partial charge >= 0.3 is 0 Å². The summed E-state index contributed by atoms with van der Waals surface area (Å²) in [6.07, 6.45) is 0. The average molecular weight is 392 g/mol. The number of likely N-dealkylation sites (N-methyl/N-ethyl adjacent to an activating group) is 1. The molecule has 2 rings (SSSR count). The second kappa shape index (κ2) is 7.31. The standard InChI is InChI=1S/C14H13BrCl2N2O2/c1-19(7-10-3-5-13(15)21-10)8-14(20)18-12-4-2-9(16)6-11(12)17/h2-6H,7-8H2,1H3,(H,18,20). The lowest BCUT2D eigenvalue weighted by Gasteiger charge is -2.15. The van der Waals surface area contributed by atoms with Crippen LogP contribution in [-0.2, 0) is 11.3 Å². The Morgan fingerprint density at radius 3 is 2.71 bits per heavy atom. The number of hydrogen-bond donors (Lipinski definition) is 1. The monoisotopic (exact) mass is 390 g/mol. The summed E-state index contributed by atoms with van der Waals surface area (Å²) in [4.78, 5) is 13.8. The third-order valence-corrected chi connectivity index (χ3v) is 3.65. The first-order chi connectivity index (χ1) is 9.94. The lowest BCUT2D eigenvalue weighted by atomic mass is 10.3. The fourth-order valence-electron chi connectivity index (χ4n) is 1.78. The van der Waals surface area contributed by atoms with Gasteiger partial charge in [-0.3, -0.25) is 9.69 Å². The molecule has 0 saturated carbocycles. The van der Waals surface area contributed by atoms with Gasteiger partial charge in [0.05, 0.1) is 23.8 Å². The lowest BCUT2D eigenvalue weighted by molar-refractivity contribution is -0.117. The van der Waals surface area contributed by atoms with E-state index in [0.717, 1.165) is 5.76 Å². The third-order valence-electron chi connectivity index (χ3n) is 2.67. The predicted octanol–water partition coefficient (Wildman–Crippen LogP) is 4.42. The van der Waals surface area contributed by atoms with Gasteiger partial charge in [0.1, 0.15) is 5.76 Å². The summed E-state index contributed by atoms with van der Waals surface area (Å²) < 4.78 is 6.06. The number of benzene rings is 1. The summed E-state index contributed by atoms with van der Waals surface area (Å²) in [5, 5.41) is 3.69. The number of furan rings is 1. The van der Waals surface area contributed by atoms with E-state index >= 15 is 0 Å². The van der Waals surface area contributed by atoms with Crippen molar-refractivity contribution in [3.8, 4) is 0 Å². The average Bonchev–Trinajstić information content (AvgIpc) is 2.78. The van der Waals surface area contributed by atoms with Crippen molar-refractivity contribution in [2.75, 3.05) is 18.9 Å². The van der Waals surface area contributed by atoms with Crippen molar-refractivity contribution in [1.29, 1.82) is 0 Å². The van der Waals surface area contributed by atoms with Crippen LogP contribution in [0.1, 0.15) is 5.76 Å². The summed E-state index contributed by atoms with van der Waals surface area (Å²) in [6, 6.07) is 8.60. The normalized spacial score (nSPS) is 10.9. The molecule has 0 saturated heterocycles. The first-order valence-electron chi connectivity index (χ1n) is 6.11. The van der Waals surface area contributed by atoms with Gasteiger partial charge in [-0.1, -0.05) is 23.2 Å². The molecule has 0 unspecified atom stereocenters. The van der Waals surface area contributed by atoms with Crippen LogP contribution in [0.15, 0.2) is 39.4 Å². The first kappa shape index (κ1) is 16.4. The van der Waals surface area contributed by atoms with E-state index in [1.807, 2.05) is 24.1 Å². The molecule has 0 fully saturated rings. The van der Waals surface area contributed by atoms with Crippen molar-refractivity contribution >= 4 is 50.7 Å². The van der Waals surface area contributed by atoms with Crippen molar-refractivity contribution in [2.24, 2.45) is 0 Å². The Balaban J connectivity index is 1.89. The number of carbonyl (C=O) groups excluding carboxylic acids is 1. The largest absolute Gasteiger partial charge is 0.453 e. The molecule has 7 heteroatoms. The van der Waals surface area contributed by atoms with Crippen molar-refractivity contribution in [3.63, 3.8) is 0 Å². The minimum absolute atomic E-state index is 0.160. The smallest absolute Gasteiger partial charge is 0.238 e. The summed E-state index contributed by atoms with van der Waals surface area (Å²) in [5.41, 5.74) is 0.542. The molecule has 21 heavy (non-hydrogen) atoms. The van der Waals surface area contributed by atoms with E-state index in [9.17, 15) is 4.79 Å². The van der Waals surface area contributed by atoms with Crippen LogP contribution in [0.5, 0.6) is 0 Å². The quantitative estimate of drug-likeness (QED) is 0.820. The number of carbonyl (C=O) groups is 1. The molecule has 1 heterocycles. The van der Waals surface area contributed by atoms with Crippen molar-refractivity contribution in [2.45, 2.75) is 6.54 Å². The van der Waals surface area contributed by atoms with Crippen LogP contribution in [0.25, 0.3) is 0 Å². The second-order valence-corrected chi connectivity index (χ2v) is 6.18. The number of amides is 1. The van der Waals surface area contributed by atoms with E-state index in [4.69, 9.17) is 27.6 Å². The van der Waals surface area contributed by atoms with Crippen LogP contribution < -0.4 is 5.32 Å². The van der Waals surface area contributed by atoms with Crippen molar-refractivity contribution < 1.29 is 9.21 Å². The minimum atomic E-state index is -0.160. The van der Waals surface area contributed by atoms with Crippen molar-refractivity contribution in [3.05, 3.63) is 50.8 Å². The maximum atomic E-state index is 12.0. The molecule has 0 aliphatic heterocycles. The molecule has 0 spiro atoms. The molecule has 0 radical (unpaired) electrons. The topological polar surface area (TPSA) is 45.5 Å². The highest BCUT2D eigenvalue weighted by molar-refractivity contribution is 9.10. The van der Waals surface area contributed by atoms with Gasteiger partial charge in [-0.05, 0) is 53.3 Å². The molecule has 0 atom stereocenters. The van der Waals surface area contributed by atoms with Crippen LogP contribution in [0, 0.1) is 0 Å². The molecule has 2 aromatic rings. The van der Waals surface area contributed by atoms with Crippen molar-refractivity contribution in [1.82, 2.24) is 4.90 Å². The molecule has 1 N–H and O–H groups in total. The Hall–Kier alpha value is -1.01. The zero-order valence-electron chi connectivity index (χ0n) is 11.2. The Morgan fingerprint density at radius 1 is 1.33 bits per heavy atom. The number of halogens is 3. The minimum Gasteiger partial charge on any atom is -0.453 e. The van der Waals surface area contributed by atoms with E-state index in [0.29, 0.717) is 26.9 Å². The van der Waals surface area contributed by atoms with Gasteiger partial charge in [-0.15, -0.1) is 0 Å². The zero-order chi connectivity index (χ0) is 15.4. The van der Waals surface area contributed by atoms with Crippen LogP contribution >= 0.6 is 39.1 Å². The molecule has 1 amide bonds. The van der Waals surface area contributed by atoms with Gasteiger partial charge in [-0.2, -0.15) is 0 Å². The SMILES string of the molecule is CN(CC(=O)Nc1ccc(Cl)cc1Cl)Cc1ccc(Br)o1. The summed E-state index contributed by atoms with van der Waals surface area (Å²) in [6.45, 7) is 0.755. The molecule has 1 aromatic carbocycles. The van der Waals surface area contributed by atoms with E-state index in [-0.39, 0.29) is 12.5 Å². The third kappa shape index (κ3) is 5.04. The second-order valence-electron chi connectivity index (χ2n) is 4.55. The van der Waals surface area contributed by atoms with Gasteiger partial charge in [0.2, 0.25) is 5.91 Å². The Labute approximate surface area is 141 Å². The van der Waals surface area contributed by atoms with Gasteiger partial charge in [-0.25, -0.2) is 0 Å². The number of nitrogens with zero attached hydrogens (tertiary/aromatic N) is 1. The van der Waals surface area contributed by atoms with Crippen LogP contribution in [0.4, 0.5) is 5.69 Å². The molecule has 4 nitrogen and oxygen atoms in total. The molecule has 1 aromatic heterocycles. The predicted molar refractivity (Wildman–Crippen MR) is 87.8 cm³/mol. The maximum absolute atomic E-state index is 12.0. The van der Waals surface area contributed by atoms with Gasteiger partial charge in [0.15, 0.2) is 4.67 Å². The highest BCUT2D eigenvalue weighted by Gasteiger charge is 2.11. The molecular formula is C14H13BrCl2N2O2. The fourth-order valence-corrected chi connectivity index (χ4v) is 2.58. The molecule has 0 aliphatic carbocycles. The first-order valence-corrected chi connectivity index (χ1v) is 7.66. The summed E-state index contributed by atoms with van der Waals surface area (Å²) >= 11 is 15.1. The number of rotatable bonds is 5. The van der Waals surface area contributed by atoms with E-state index in [1.54, 1.807) is 18.2 Å². The fraction of sp³-hybridized carbons (Fsp3) is 0.214. The van der Waals surface area contributed by atoms with Crippen LogP contribution in [0.3, 0.4) is 0 Å². The lowest BCUT2D eigenvalue weighted by Crippen LogP contribution is -2.29. The summed E-state index contributed by atoms with van der Waals surface area (Å²) in [7, 11) is 1.83. The van der Waals surface area contributed by atoms with Crippen LogP contribution in [0.2, 0.25) is 10.0 Å². The Morgan fingerprint density at radius 2 is 2.10 bits per heavy atom. The van der Waals surface area contributed by atoms with Gasteiger partial charge in [0, 0.05) is 5.02 Å². The molecule has 0 bridgehead atoms. The molecular weight excluding hydrogens is 379 g/mol. The highest BCUT2D eigenvalue weighted by Crippen LogP contribution is 2.25. The Bertz CT molecular complexity index is 646. The Kier molecular flexibility index (Phi) is 5.70. The van der Waals surface area contributed by atoms with E-state index in [1.165, 1.54) is 0 Å². The highest BCUT2D eigenvalue weighted by atomic mass is 79.9.